The number of rotatable bonds is 4. The number of carbonyl (C=O) groups is 2. The molecule has 1 heterocycles. The van der Waals surface area contributed by atoms with Gasteiger partial charge in [-0.05, 0) is 26.2 Å². The molecule has 0 aromatic rings. The standard InChI is InChI=1S/C12H21NO5S/c1-4-12(11(15)16)6-5-7-13(8-12)10(14)9(2)19(3,17)18/h9H,4-8H2,1-3H3,(H,15,16). The number of nitrogens with zero attached hydrogens (tertiary/aromatic N) is 1. The number of likely N-dealkylation sites (tertiary alicyclic amines) is 1. The zero-order valence-electron chi connectivity index (χ0n) is 11.5. The highest BCUT2D eigenvalue weighted by Crippen LogP contribution is 2.34. The third-order valence-electron chi connectivity index (χ3n) is 4.01. The highest BCUT2D eigenvalue weighted by atomic mass is 32.2. The number of aliphatic carboxylic acids is 1. The zero-order chi connectivity index (χ0) is 14.8. The Morgan fingerprint density at radius 2 is 2.00 bits per heavy atom. The summed E-state index contributed by atoms with van der Waals surface area (Å²) in [5.41, 5.74) is -0.939. The molecule has 1 aliphatic rings. The number of carbonyl (C=O) groups excluding carboxylic acids is 1. The number of carboxylic acids is 1. The molecule has 110 valence electrons. The van der Waals surface area contributed by atoms with E-state index in [1.54, 1.807) is 6.92 Å². The maximum atomic E-state index is 12.1. The molecule has 0 bridgehead atoms. The van der Waals surface area contributed by atoms with Crippen molar-refractivity contribution < 1.29 is 23.1 Å². The van der Waals surface area contributed by atoms with Crippen LogP contribution >= 0.6 is 0 Å². The zero-order valence-corrected chi connectivity index (χ0v) is 12.4. The molecule has 1 amide bonds. The largest absolute Gasteiger partial charge is 0.481 e. The third kappa shape index (κ3) is 3.26. The number of amides is 1. The van der Waals surface area contributed by atoms with Crippen LogP contribution < -0.4 is 0 Å². The highest BCUT2D eigenvalue weighted by molar-refractivity contribution is 7.92. The average molecular weight is 291 g/mol. The minimum absolute atomic E-state index is 0.0948. The molecular formula is C12H21NO5S. The number of sulfone groups is 1. The fourth-order valence-electron chi connectivity index (χ4n) is 2.37. The van der Waals surface area contributed by atoms with Crippen LogP contribution in [-0.4, -0.2) is 54.9 Å². The van der Waals surface area contributed by atoms with E-state index in [0.29, 0.717) is 25.8 Å². The van der Waals surface area contributed by atoms with Crippen molar-refractivity contribution in [2.45, 2.75) is 38.4 Å². The van der Waals surface area contributed by atoms with Crippen LogP contribution in [0.2, 0.25) is 0 Å². The summed E-state index contributed by atoms with van der Waals surface area (Å²) in [6, 6.07) is 0. The van der Waals surface area contributed by atoms with Crippen molar-refractivity contribution in [2.24, 2.45) is 5.41 Å². The van der Waals surface area contributed by atoms with Gasteiger partial charge in [0.2, 0.25) is 5.91 Å². The van der Waals surface area contributed by atoms with Crippen molar-refractivity contribution in [1.82, 2.24) is 4.90 Å². The molecule has 2 unspecified atom stereocenters. The van der Waals surface area contributed by atoms with Crippen LogP contribution in [0.3, 0.4) is 0 Å². The monoisotopic (exact) mass is 291 g/mol. The van der Waals surface area contributed by atoms with Gasteiger partial charge in [-0.1, -0.05) is 6.92 Å². The second-order valence-electron chi connectivity index (χ2n) is 5.27. The molecule has 1 rings (SSSR count). The fraction of sp³-hybridized carbons (Fsp3) is 0.833. The molecule has 1 N–H and O–H groups in total. The van der Waals surface area contributed by atoms with Gasteiger partial charge in [0.05, 0.1) is 5.41 Å². The van der Waals surface area contributed by atoms with Gasteiger partial charge in [-0.25, -0.2) is 8.42 Å². The second kappa shape index (κ2) is 5.48. The average Bonchev–Trinajstić information content (AvgIpc) is 2.35. The minimum Gasteiger partial charge on any atom is -0.481 e. The first kappa shape index (κ1) is 15.9. The van der Waals surface area contributed by atoms with Gasteiger partial charge in [-0.15, -0.1) is 0 Å². The first-order valence-corrected chi connectivity index (χ1v) is 8.30. The lowest BCUT2D eigenvalue weighted by Crippen LogP contribution is -2.52. The Hall–Kier alpha value is -1.11. The normalized spacial score (nSPS) is 25.9. The van der Waals surface area contributed by atoms with Gasteiger partial charge in [0.1, 0.15) is 5.25 Å². The van der Waals surface area contributed by atoms with Crippen LogP contribution in [0, 0.1) is 5.41 Å². The molecule has 0 aromatic heterocycles. The molecule has 1 aliphatic heterocycles. The summed E-state index contributed by atoms with van der Waals surface area (Å²) in [6.07, 6.45) is 2.56. The van der Waals surface area contributed by atoms with Crippen LogP contribution in [0.15, 0.2) is 0 Å². The quantitative estimate of drug-likeness (QED) is 0.815. The predicted octanol–water partition coefficient (Wildman–Crippen LogP) is 0.523. The predicted molar refractivity (Wildman–Crippen MR) is 70.5 cm³/mol. The molecule has 19 heavy (non-hydrogen) atoms. The Labute approximate surface area is 113 Å². The van der Waals surface area contributed by atoms with Crippen molar-refractivity contribution in [3.05, 3.63) is 0 Å². The molecule has 7 heteroatoms. The van der Waals surface area contributed by atoms with E-state index in [1.165, 1.54) is 11.8 Å². The highest BCUT2D eigenvalue weighted by Gasteiger charge is 2.43. The minimum atomic E-state index is -3.45. The summed E-state index contributed by atoms with van der Waals surface area (Å²) in [7, 11) is -3.45. The topological polar surface area (TPSA) is 91.8 Å². The van der Waals surface area contributed by atoms with Crippen LogP contribution in [0.1, 0.15) is 33.1 Å². The first-order chi connectivity index (χ1) is 8.64. The summed E-state index contributed by atoms with van der Waals surface area (Å²) in [5.74, 6) is -1.42. The van der Waals surface area contributed by atoms with Crippen molar-refractivity contribution in [1.29, 1.82) is 0 Å². The summed E-state index contributed by atoms with van der Waals surface area (Å²) >= 11 is 0. The summed E-state index contributed by atoms with van der Waals surface area (Å²) < 4.78 is 22.8. The summed E-state index contributed by atoms with van der Waals surface area (Å²) in [5, 5.41) is 8.21. The van der Waals surface area contributed by atoms with Crippen molar-refractivity contribution in [3.63, 3.8) is 0 Å². The number of hydrogen-bond acceptors (Lipinski definition) is 4. The van der Waals surface area contributed by atoms with E-state index in [0.717, 1.165) is 6.26 Å². The first-order valence-electron chi connectivity index (χ1n) is 6.35. The molecule has 0 spiro atoms. The molecule has 0 saturated carbocycles. The Bertz CT molecular complexity index is 473. The van der Waals surface area contributed by atoms with E-state index in [-0.39, 0.29) is 6.54 Å². The third-order valence-corrected chi connectivity index (χ3v) is 5.50. The molecular weight excluding hydrogens is 270 g/mol. The number of carboxylic acid groups (broad SMARTS) is 1. The lowest BCUT2D eigenvalue weighted by Gasteiger charge is -2.40. The van der Waals surface area contributed by atoms with Gasteiger partial charge >= 0.3 is 5.97 Å². The Balaban J connectivity index is 2.92. The van der Waals surface area contributed by atoms with E-state index in [1.807, 2.05) is 0 Å². The maximum absolute atomic E-state index is 12.1. The van der Waals surface area contributed by atoms with Gasteiger partial charge in [-0.2, -0.15) is 0 Å². The van der Waals surface area contributed by atoms with Gasteiger partial charge in [0, 0.05) is 19.3 Å². The second-order valence-corrected chi connectivity index (χ2v) is 7.64. The van der Waals surface area contributed by atoms with Crippen molar-refractivity contribution in [3.8, 4) is 0 Å². The van der Waals surface area contributed by atoms with E-state index in [4.69, 9.17) is 0 Å². The van der Waals surface area contributed by atoms with E-state index in [2.05, 4.69) is 0 Å². The van der Waals surface area contributed by atoms with Crippen molar-refractivity contribution in [2.75, 3.05) is 19.3 Å². The molecule has 1 saturated heterocycles. The van der Waals surface area contributed by atoms with E-state index >= 15 is 0 Å². The van der Waals surface area contributed by atoms with Crippen LogP contribution in [0.5, 0.6) is 0 Å². The van der Waals surface area contributed by atoms with Crippen LogP contribution in [-0.2, 0) is 19.4 Å². The van der Waals surface area contributed by atoms with Crippen LogP contribution in [0.25, 0.3) is 0 Å². The Kier molecular flexibility index (Phi) is 4.60. The molecule has 0 radical (unpaired) electrons. The molecule has 0 aromatic carbocycles. The Morgan fingerprint density at radius 1 is 1.42 bits per heavy atom. The maximum Gasteiger partial charge on any atom is 0.311 e. The lowest BCUT2D eigenvalue weighted by molar-refractivity contribution is -0.155. The molecule has 1 fully saturated rings. The molecule has 2 atom stereocenters. The van der Waals surface area contributed by atoms with Gasteiger partial charge in [0.25, 0.3) is 0 Å². The van der Waals surface area contributed by atoms with Crippen LogP contribution in [0.4, 0.5) is 0 Å². The molecule has 0 aliphatic carbocycles. The van der Waals surface area contributed by atoms with Crippen molar-refractivity contribution >= 4 is 21.7 Å². The summed E-state index contributed by atoms with van der Waals surface area (Å²) in [6.45, 7) is 3.65. The summed E-state index contributed by atoms with van der Waals surface area (Å²) in [4.78, 5) is 24.9. The van der Waals surface area contributed by atoms with E-state index in [9.17, 15) is 23.1 Å². The van der Waals surface area contributed by atoms with E-state index < -0.39 is 32.4 Å². The Morgan fingerprint density at radius 3 is 2.42 bits per heavy atom. The van der Waals surface area contributed by atoms with Gasteiger partial charge < -0.3 is 10.0 Å². The lowest BCUT2D eigenvalue weighted by atomic mass is 9.77. The molecule has 6 nitrogen and oxygen atoms in total. The number of hydrogen-bond donors (Lipinski definition) is 1. The fourth-order valence-corrected chi connectivity index (χ4v) is 2.89. The number of piperidine rings is 1. The SMILES string of the molecule is CCC1(C(=O)O)CCCN(C(=O)C(C)S(C)(=O)=O)C1. The van der Waals surface area contributed by atoms with Gasteiger partial charge in [-0.3, -0.25) is 9.59 Å². The smallest absolute Gasteiger partial charge is 0.311 e. The van der Waals surface area contributed by atoms with Gasteiger partial charge in [0.15, 0.2) is 9.84 Å².